The topological polar surface area (TPSA) is 52.3 Å². The van der Waals surface area contributed by atoms with Gasteiger partial charge in [0.1, 0.15) is 5.75 Å². The summed E-state index contributed by atoms with van der Waals surface area (Å²) in [6, 6.07) is 6.92. The highest BCUT2D eigenvalue weighted by atomic mass is 79.9. The van der Waals surface area contributed by atoms with E-state index in [1.165, 1.54) is 18.4 Å². The van der Waals surface area contributed by atoms with Gasteiger partial charge in [-0.1, -0.05) is 0 Å². The Morgan fingerprint density at radius 1 is 1.39 bits per heavy atom. The smallest absolute Gasteiger partial charge is 0.206 e. The van der Waals surface area contributed by atoms with Crippen LogP contribution in [-0.4, -0.2) is 12.9 Å². The maximum Gasteiger partial charge on any atom is 0.206 e. The van der Waals surface area contributed by atoms with Gasteiger partial charge in [0.2, 0.25) is 5.78 Å². The van der Waals surface area contributed by atoms with Crippen LogP contribution in [0.4, 0.5) is 5.69 Å². The zero-order chi connectivity index (χ0) is 13.3. The van der Waals surface area contributed by atoms with Crippen LogP contribution in [0.25, 0.3) is 0 Å². The number of hydrogen-bond donors (Lipinski definition) is 1. The number of thiophene rings is 1. The fourth-order valence-electron chi connectivity index (χ4n) is 1.61. The molecular formula is C13H12BrNO2S. The molecule has 2 rings (SSSR count). The molecule has 0 radical (unpaired) electrons. The second-order valence-electron chi connectivity index (χ2n) is 3.86. The number of benzene rings is 1. The number of hydrogen-bond acceptors (Lipinski definition) is 4. The van der Waals surface area contributed by atoms with E-state index in [4.69, 9.17) is 10.5 Å². The Bertz CT molecular complexity index is 588. The van der Waals surface area contributed by atoms with Crippen molar-refractivity contribution in [1.29, 1.82) is 0 Å². The Morgan fingerprint density at radius 3 is 2.67 bits per heavy atom. The van der Waals surface area contributed by atoms with Crippen molar-refractivity contribution in [2.45, 2.75) is 6.92 Å². The molecule has 0 spiro atoms. The number of aryl methyl sites for hydroxylation is 1. The predicted molar refractivity (Wildman–Crippen MR) is 77.6 cm³/mol. The van der Waals surface area contributed by atoms with Crippen LogP contribution in [0, 0.1) is 6.92 Å². The molecule has 0 unspecified atom stereocenters. The molecule has 0 saturated carbocycles. The van der Waals surface area contributed by atoms with Crippen LogP contribution in [0.2, 0.25) is 0 Å². The molecule has 1 aromatic carbocycles. The Balaban J connectivity index is 2.48. The first-order valence-electron chi connectivity index (χ1n) is 5.27. The van der Waals surface area contributed by atoms with E-state index in [0.717, 1.165) is 9.35 Å². The number of carbonyl (C=O) groups excluding carboxylic acids is 1. The van der Waals surface area contributed by atoms with Gasteiger partial charge in [0.15, 0.2) is 0 Å². The Kier molecular flexibility index (Phi) is 3.73. The summed E-state index contributed by atoms with van der Waals surface area (Å²) in [4.78, 5) is 13.1. The van der Waals surface area contributed by atoms with Gasteiger partial charge < -0.3 is 10.5 Å². The molecule has 0 fully saturated rings. The average Bonchev–Trinajstić information content (AvgIpc) is 2.68. The minimum atomic E-state index is -0.0713. The predicted octanol–water partition coefficient (Wildman–Crippen LogP) is 3.64. The molecule has 0 aliphatic rings. The lowest BCUT2D eigenvalue weighted by Gasteiger charge is -2.07. The van der Waals surface area contributed by atoms with Crippen LogP contribution < -0.4 is 10.5 Å². The van der Waals surface area contributed by atoms with E-state index in [2.05, 4.69) is 15.9 Å². The van der Waals surface area contributed by atoms with E-state index >= 15 is 0 Å². The van der Waals surface area contributed by atoms with Crippen molar-refractivity contribution in [2.75, 3.05) is 12.8 Å². The van der Waals surface area contributed by atoms with E-state index < -0.39 is 0 Å². The Hall–Kier alpha value is -1.33. The van der Waals surface area contributed by atoms with E-state index in [9.17, 15) is 4.79 Å². The largest absolute Gasteiger partial charge is 0.496 e. The number of anilines is 1. The van der Waals surface area contributed by atoms with Crippen molar-refractivity contribution in [3.05, 3.63) is 44.1 Å². The van der Waals surface area contributed by atoms with Gasteiger partial charge in [-0.05, 0) is 52.7 Å². The average molecular weight is 326 g/mol. The third-order valence-electron chi connectivity index (χ3n) is 2.55. The van der Waals surface area contributed by atoms with Crippen molar-refractivity contribution in [3.8, 4) is 5.75 Å². The second kappa shape index (κ2) is 5.12. The molecule has 0 atom stereocenters. The molecule has 1 aromatic heterocycles. The summed E-state index contributed by atoms with van der Waals surface area (Å²) < 4.78 is 6.16. The molecule has 0 amide bonds. The summed E-state index contributed by atoms with van der Waals surface area (Å²) in [6.07, 6.45) is 0. The Labute approximate surface area is 118 Å². The number of rotatable bonds is 3. The van der Waals surface area contributed by atoms with Crippen molar-refractivity contribution >= 4 is 38.7 Å². The summed E-state index contributed by atoms with van der Waals surface area (Å²) >= 11 is 4.83. The fraction of sp³-hybridized carbons (Fsp3) is 0.154. The number of ketones is 1. The van der Waals surface area contributed by atoms with Crippen LogP contribution in [0.15, 0.2) is 28.1 Å². The van der Waals surface area contributed by atoms with Crippen LogP contribution in [0.1, 0.15) is 20.8 Å². The normalized spacial score (nSPS) is 10.4. The van der Waals surface area contributed by atoms with Gasteiger partial charge in [-0.25, -0.2) is 0 Å². The lowest BCUT2D eigenvalue weighted by atomic mass is 10.1. The van der Waals surface area contributed by atoms with Gasteiger partial charge in [0, 0.05) is 5.69 Å². The minimum absolute atomic E-state index is 0.0713. The summed E-state index contributed by atoms with van der Waals surface area (Å²) in [7, 11) is 1.54. The minimum Gasteiger partial charge on any atom is -0.496 e. The molecule has 3 nitrogen and oxygen atoms in total. The third-order valence-corrected chi connectivity index (χ3v) is 4.68. The molecule has 2 aromatic rings. The van der Waals surface area contributed by atoms with Gasteiger partial charge in [0.25, 0.3) is 0 Å². The third kappa shape index (κ3) is 2.42. The van der Waals surface area contributed by atoms with Gasteiger partial charge in [-0.2, -0.15) is 0 Å². The number of methoxy groups -OCH3 is 1. The standard InChI is InChI=1S/C13H12BrNO2S/c1-7-5-11(18-13(7)14)12(16)9-6-8(15)3-4-10(9)17-2/h3-6H,15H2,1-2H3. The number of halogens is 1. The molecule has 0 bridgehead atoms. The lowest BCUT2D eigenvalue weighted by Crippen LogP contribution is -2.03. The summed E-state index contributed by atoms with van der Waals surface area (Å²) in [5.41, 5.74) is 7.81. The summed E-state index contributed by atoms with van der Waals surface area (Å²) in [6.45, 7) is 1.95. The van der Waals surface area contributed by atoms with Crippen molar-refractivity contribution in [2.24, 2.45) is 0 Å². The molecule has 0 aliphatic heterocycles. The maximum absolute atomic E-state index is 12.4. The molecule has 5 heteroatoms. The van der Waals surface area contributed by atoms with Gasteiger partial charge >= 0.3 is 0 Å². The van der Waals surface area contributed by atoms with E-state index in [0.29, 0.717) is 21.9 Å². The number of carbonyl (C=O) groups is 1. The first-order chi connectivity index (χ1) is 8.52. The summed E-state index contributed by atoms with van der Waals surface area (Å²) in [5, 5.41) is 0. The molecule has 0 saturated heterocycles. The maximum atomic E-state index is 12.4. The molecule has 18 heavy (non-hydrogen) atoms. The number of nitrogens with two attached hydrogens (primary N) is 1. The molecular weight excluding hydrogens is 314 g/mol. The number of ether oxygens (including phenoxy) is 1. The van der Waals surface area contributed by atoms with Crippen molar-refractivity contribution in [3.63, 3.8) is 0 Å². The van der Waals surface area contributed by atoms with E-state index in [-0.39, 0.29) is 5.78 Å². The van der Waals surface area contributed by atoms with E-state index in [1.54, 1.807) is 18.2 Å². The summed E-state index contributed by atoms with van der Waals surface area (Å²) in [5.74, 6) is 0.467. The molecule has 2 N–H and O–H groups in total. The van der Waals surface area contributed by atoms with Gasteiger partial charge in [0.05, 0.1) is 21.3 Å². The van der Waals surface area contributed by atoms with Crippen molar-refractivity contribution in [1.82, 2.24) is 0 Å². The molecule has 1 heterocycles. The highest BCUT2D eigenvalue weighted by molar-refractivity contribution is 9.11. The highest BCUT2D eigenvalue weighted by Gasteiger charge is 2.17. The van der Waals surface area contributed by atoms with E-state index in [1.807, 2.05) is 13.0 Å². The lowest BCUT2D eigenvalue weighted by molar-refractivity contribution is 0.103. The zero-order valence-electron chi connectivity index (χ0n) is 9.99. The van der Waals surface area contributed by atoms with Crippen LogP contribution >= 0.6 is 27.3 Å². The number of nitrogen functional groups attached to an aromatic ring is 1. The van der Waals surface area contributed by atoms with Gasteiger partial charge in [-0.15, -0.1) is 11.3 Å². The first kappa shape index (κ1) is 13.1. The van der Waals surface area contributed by atoms with Gasteiger partial charge in [-0.3, -0.25) is 4.79 Å². The van der Waals surface area contributed by atoms with Crippen LogP contribution in [0.5, 0.6) is 5.75 Å². The molecule has 0 aliphatic carbocycles. The quantitative estimate of drug-likeness (QED) is 0.692. The SMILES string of the molecule is COc1ccc(N)cc1C(=O)c1cc(C)c(Br)s1. The zero-order valence-corrected chi connectivity index (χ0v) is 12.4. The first-order valence-corrected chi connectivity index (χ1v) is 6.88. The van der Waals surface area contributed by atoms with Crippen LogP contribution in [0.3, 0.4) is 0 Å². The van der Waals surface area contributed by atoms with Crippen molar-refractivity contribution < 1.29 is 9.53 Å². The highest BCUT2D eigenvalue weighted by Crippen LogP contribution is 2.31. The molecule has 94 valence electrons. The van der Waals surface area contributed by atoms with Crippen LogP contribution in [-0.2, 0) is 0 Å². The second-order valence-corrected chi connectivity index (χ2v) is 6.23. The fourth-order valence-corrected chi connectivity index (χ4v) is 3.10. The monoisotopic (exact) mass is 325 g/mol. The Morgan fingerprint density at radius 2 is 2.11 bits per heavy atom.